The van der Waals surface area contributed by atoms with Crippen LogP contribution in [-0.2, 0) is 0 Å². The zero-order valence-corrected chi connectivity index (χ0v) is 13.7. The molecule has 1 unspecified atom stereocenters. The highest BCUT2D eigenvalue weighted by molar-refractivity contribution is 14.1. The summed E-state index contributed by atoms with van der Waals surface area (Å²) in [5.41, 5.74) is 9.53. The van der Waals surface area contributed by atoms with Gasteiger partial charge >= 0.3 is 0 Å². The summed E-state index contributed by atoms with van der Waals surface area (Å²) in [5, 5.41) is 0.736. The third-order valence-electron chi connectivity index (χ3n) is 3.11. The average molecular weight is 388 g/mol. The predicted octanol–water partition coefficient (Wildman–Crippen LogP) is 4.31. The maximum atomic E-state index is 6.33. The van der Waals surface area contributed by atoms with Crippen LogP contribution in [0, 0.1) is 10.5 Å². The molecule has 0 fully saturated rings. The summed E-state index contributed by atoms with van der Waals surface area (Å²) in [6, 6.07) is 11.7. The van der Waals surface area contributed by atoms with E-state index in [1.807, 2.05) is 43.3 Å². The first-order valence-corrected chi connectivity index (χ1v) is 7.33. The zero-order valence-electron chi connectivity index (χ0n) is 10.8. The molecule has 2 rings (SSSR count). The summed E-state index contributed by atoms with van der Waals surface area (Å²) in [6.07, 6.45) is 0. The summed E-state index contributed by atoms with van der Waals surface area (Å²) in [6.45, 7) is 2.03. The molecule has 2 N–H and O–H groups in total. The normalized spacial score (nSPS) is 12.3. The van der Waals surface area contributed by atoms with E-state index in [-0.39, 0.29) is 6.04 Å². The molecule has 0 aliphatic heterocycles. The van der Waals surface area contributed by atoms with Gasteiger partial charge in [-0.05, 0) is 70.5 Å². The van der Waals surface area contributed by atoms with E-state index in [4.69, 9.17) is 22.1 Å². The van der Waals surface area contributed by atoms with Gasteiger partial charge in [0, 0.05) is 3.57 Å². The first kappa shape index (κ1) is 14.6. The maximum absolute atomic E-state index is 6.33. The molecule has 2 aromatic carbocycles. The lowest BCUT2D eigenvalue weighted by Crippen LogP contribution is -2.13. The fourth-order valence-corrected chi connectivity index (χ4v) is 2.53. The zero-order chi connectivity index (χ0) is 14.0. The highest BCUT2D eigenvalue weighted by atomic mass is 127. The molecule has 0 spiro atoms. The van der Waals surface area contributed by atoms with Crippen LogP contribution in [0.2, 0.25) is 5.02 Å². The fraction of sp³-hybridized carbons (Fsp3) is 0.200. The molecular weight excluding hydrogens is 373 g/mol. The van der Waals surface area contributed by atoms with Crippen molar-refractivity contribution in [3.8, 4) is 5.75 Å². The Labute approximate surface area is 132 Å². The first-order chi connectivity index (χ1) is 9.02. The monoisotopic (exact) mass is 387 g/mol. The molecule has 0 aliphatic rings. The number of halogens is 2. The smallest absolute Gasteiger partial charge is 0.119 e. The van der Waals surface area contributed by atoms with E-state index >= 15 is 0 Å². The van der Waals surface area contributed by atoms with Crippen LogP contribution in [0.25, 0.3) is 0 Å². The van der Waals surface area contributed by atoms with Gasteiger partial charge in [0.15, 0.2) is 0 Å². The molecule has 0 radical (unpaired) electrons. The Bertz CT molecular complexity index is 601. The molecule has 0 heterocycles. The minimum Gasteiger partial charge on any atom is -0.497 e. The van der Waals surface area contributed by atoms with Crippen molar-refractivity contribution >= 4 is 34.2 Å². The lowest BCUT2D eigenvalue weighted by molar-refractivity contribution is 0.414. The van der Waals surface area contributed by atoms with Gasteiger partial charge in [0.05, 0.1) is 18.2 Å². The molecule has 0 saturated carbocycles. The molecule has 2 aromatic rings. The first-order valence-electron chi connectivity index (χ1n) is 5.88. The minimum absolute atomic E-state index is 0.180. The molecule has 2 nitrogen and oxygen atoms in total. The van der Waals surface area contributed by atoms with Gasteiger partial charge in [-0.25, -0.2) is 0 Å². The van der Waals surface area contributed by atoms with Crippen molar-refractivity contribution in [3.63, 3.8) is 0 Å². The summed E-state index contributed by atoms with van der Waals surface area (Å²) >= 11 is 8.36. The van der Waals surface area contributed by atoms with Crippen LogP contribution in [0.3, 0.4) is 0 Å². The van der Waals surface area contributed by atoms with E-state index in [9.17, 15) is 0 Å². The van der Waals surface area contributed by atoms with Crippen LogP contribution < -0.4 is 10.5 Å². The van der Waals surface area contributed by atoms with E-state index in [1.165, 1.54) is 0 Å². The predicted molar refractivity (Wildman–Crippen MR) is 87.9 cm³/mol. The van der Waals surface area contributed by atoms with Gasteiger partial charge in [-0.1, -0.05) is 23.7 Å². The second kappa shape index (κ2) is 6.11. The molecule has 0 bridgehead atoms. The Morgan fingerprint density at radius 3 is 2.53 bits per heavy atom. The van der Waals surface area contributed by atoms with Crippen LogP contribution >= 0.6 is 34.2 Å². The SMILES string of the molecule is COc1ccc(C(N)c2ccc(I)c(Cl)c2)c(C)c1. The molecule has 1 atom stereocenters. The van der Waals surface area contributed by atoms with Gasteiger partial charge in [0.25, 0.3) is 0 Å². The summed E-state index contributed by atoms with van der Waals surface area (Å²) < 4.78 is 6.24. The van der Waals surface area contributed by atoms with Crippen LogP contribution in [-0.4, -0.2) is 7.11 Å². The number of nitrogens with two attached hydrogens (primary N) is 1. The van der Waals surface area contributed by atoms with Crippen molar-refractivity contribution in [2.75, 3.05) is 7.11 Å². The van der Waals surface area contributed by atoms with Crippen LogP contribution in [0.15, 0.2) is 36.4 Å². The second-order valence-electron chi connectivity index (χ2n) is 4.37. The van der Waals surface area contributed by atoms with Crippen molar-refractivity contribution in [3.05, 3.63) is 61.7 Å². The van der Waals surface area contributed by atoms with Crippen molar-refractivity contribution in [2.45, 2.75) is 13.0 Å². The largest absolute Gasteiger partial charge is 0.497 e. The number of aryl methyl sites for hydroxylation is 1. The van der Waals surface area contributed by atoms with E-state index in [1.54, 1.807) is 7.11 Å². The molecule has 0 amide bonds. The standard InChI is InChI=1S/C15H15ClINO/c1-9-7-11(19-2)4-5-12(9)15(18)10-3-6-14(17)13(16)8-10/h3-8,15H,18H2,1-2H3. The Morgan fingerprint density at radius 1 is 1.21 bits per heavy atom. The van der Waals surface area contributed by atoms with E-state index in [0.717, 1.165) is 31.0 Å². The highest BCUT2D eigenvalue weighted by Crippen LogP contribution is 2.28. The van der Waals surface area contributed by atoms with Crippen molar-refractivity contribution in [2.24, 2.45) is 5.73 Å². The van der Waals surface area contributed by atoms with Crippen LogP contribution in [0.1, 0.15) is 22.7 Å². The summed E-state index contributed by atoms with van der Waals surface area (Å²) in [4.78, 5) is 0. The highest BCUT2D eigenvalue weighted by Gasteiger charge is 2.13. The number of hydrogen-bond donors (Lipinski definition) is 1. The minimum atomic E-state index is -0.180. The number of methoxy groups -OCH3 is 1. The second-order valence-corrected chi connectivity index (χ2v) is 5.94. The lowest BCUT2D eigenvalue weighted by atomic mass is 9.96. The Balaban J connectivity index is 2.38. The number of hydrogen-bond acceptors (Lipinski definition) is 2. The van der Waals surface area contributed by atoms with Gasteiger partial charge in [0.2, 0.25) is 0 Å². The van der Waals surface area contributed by atoms with Gasteiger partial charge in [0.1, 0.15) is 5.75 Å². The Kier molecular flexibility index (Phi) is 4.71. The summed E-state index contributed by atoms with van der Waals surface area (Å²) in [7, 11) is 1.66. The molecule has 0 aromatic heterocycles. The Morgan fingerprint density at radius 2 is 1.95 bits per heavy atom. The van der Waals surface area contributed by atoms with E-state index in [2.05, 4.69) is 22.6 Å². The molecule has 4 heteroatoms. The third-order valence-corrected chi connectivity index (χ3v) is 4.69. The van der Waals surface area contributed by atoms with Crippen LogP contribution in [0.4, 0.5) is 0 Å². The molecule has 100 valence electrons. The molecular formula is C15H15ClINO. The maximum Gasteiger partial charge on any atom is 0.119 e. The van der Waals surface area contributed by atoms with E-state index in [0.29, 0.717) is 0 Å². The number of ether oxygens (including phenoxy) is 1. The quantitative estimate of drug-likeness (QED) is 0.797. The average Bonchev–Trinajstić information content (AvgIpc) is 2.41. The third kappa shape index (κ3) is 3.22. The Hall–Kier alpha value is -0.780. The fourth-order valence-electron chi connectivity index (χ4n) is 2.01. The number of rotatable bonds is 3. The topological polar surface area (TPSA) is 35.2 Å². The van der Waals surface area contributed by atoms with Crippen LogP contribution in [0.5, 0.6) is 5.75 Å². The van der Waals surface area contributed by atoms with Gasteiger partial charge < -0.3 is 10.5 Å². The van der Waals surface area contributed by atoms with E-state index < -0.39 is 0 Å². The number of benzene rings is 2. The van der Waals surface area contributed by atoms with Gasteiger partial charge in [-0.3, -0.25) is 0 Å². The van der Waals surface area contributed by atoms with Gasteiger partial charge in [-0.15, -0.1) is 0 Å². The summed E-state index contributed by atoms with van der Waals surface area (Å²) in [5.74, 6) is 0.842. The van der Waals surface area contributed by atoms with Crippen molar-refractivity contribution in [1.29, 1.82) is 0 Å². The van der Waals surface area contributed by atoms with Crippen molar-refractivity contribution in [1.82, 2.24) is 0 Å². The lowest BCUT2D eigenvalue weighted by Gasteiger charge is -2.16. The molecule has 0 aliphatic carbocycles. The van der Waals surface area contributed by atoms with Crippen molar-refractivity contribution < 1.29 is 4.74 Å². The molecule has 19 heavy (non-hydrogen) atoms. The molecule has 0 saturated heterocycles. The van der Waals surface area contributed by atoms with Gasteiger partial charge in [-0.2, -0.15) is 0 Å².